The van der Waals surface area contributed by atoms with Gasteiger partial charge in [0.25, 0.3) is 0 Å². The monoisotopic (exact) mass is 662 g/mol. The molecule has 11 rings (SSSR count). The van der Waals surface area contributed by atoms with Crippen molar-refractivity contribution >= 4 is 85.4 Å². The molecule has 0 atom stereocenters. The number of thiophene rings is 1. The lowest BCUT2D eigenvalue weighted by Gasteiger charge is -2.17. The molecule has 0 saturated heterocycles. The smallest absolute Gasteiger partial charge is 0.0361 e. The van der Waals surface area contributed by atoms with Gasteiger partial charge in [-0.15, -0.1) is 11.3 Å². The van der Waals surface area contributed by atoms with E-state index in [9.17, 15) is 0 Å². The van der Waals surface area contributed by atoms with E-state index in [2.05, 4.69) is 182 Å². The van der Waals surface area contributed by atoms with E-state index >= 15 is 0 Å². The van der Waals surface area contributed by atoms with E-state index in [0.717, 1.165) is 0 Å². The number of benzene rings is 10. The topological polar surface area (TPSA) is 0 Å². The van der Waals surface area contributed by atoms with Crippen molar-refractivity contribution in [3.05, 3.63) is 182 Å². The van der Waals surface area contributed by atoms with Crippen LogP contribution in [0.5, 0.6) is 0 Å². The van der Waals surface area contributed by atoms with Crippen LogP contribution in [0, 0.1) is 0 Å². The minimum absolute atomic E-state index is 1.22. The molecular formula is C50H30S. The first kappa shape index (κ1) is 28.5. The Hall–Kier alpha value is -6.28. The highest BCUT2D eigenvalue weighted by molar-refractivity contribution is 7.25. The van der Waals surface area contributed by atoms with Crippen molar-refractivity contribution in [3.63, 3.8) is 0 Å². The highest BCUT2D eigenvalue weighted by Gasteiger charge is 2.16. The van der Waals surface area contributed by atoms with Gasteiger partial charge in [0.2, 0.25) is 0 Å². The van der Waals surface area contributed by atoms with Gasteiger partial charge in [-0.3, -0.25) is 0 Å². The van der Waals surface area contributed by atoms with Crippen molar-refractivity contribution in [1.29, 1.82) is 0 Å². The van der Waals surface area contributed by atoms with Crippen molar-refractivity contribution in [1.82, 2.24) is 0 Å². The van der Waals surface area contributed by atoms with Gasteiger partial charge in [-0.1, -0.05) is 158 Å². The molecule has 0 fully saturated rings. The van der Waals surface area contributed by atoms with E-state index in [0.29, 0.717) is 0 Å². The number of hydrogen-bond acceptors (Lipinski definition) is 1. The maximum atomic E-state index is 2.43. The van der Waals surface area contributed by atoms with Crippen LogP contribution in [-0.4, -0.2) is 0 Å². The Balaban J connectivity index is 1.04. The number of fused-ring (bicyclic) bond motifs is 14. The summed E-state index contributed by atoms with van der Waals surface area (Å²) in [5, 5.41) is 15.8. The van der Waals surface area contributed by atoms with Gasteiger partial charge in [-0.25, -0.2) is 0 Å². The molecule has 10 aromatic carbocycles. The average molecular weight is 663 g/mol. The molecule has 1 heterocycles. The van der Waals surface area contributed by atoms with E-state index in [-0.39, 0.29) is 0 Å². The summed E-state index contributed by atoms with van der Waals surface area (Å²) in [7, 11) is 0. The van der Waals surface area contributed by atoms with E-state index in [1.165, 1.54) is 107 Å². The highest BCUT2D eigenvalue weighted by Crippen LogP contribution is 2.45. The number of hydrogen-bond donors (Lipinski definition) is 0. The Labute approximate surface area is 299 Å². The van der Waals surface area contributed by atoms with Gasteiger partial charge < -0.3 is 0 Å². The largest absolute Gasteiger partial charge is 0.135 e. The quantitative estimate of drug-likeness (QED) is 0.165. The first-order valence-electron chi connectivity index (χ1n) is 17.6. The lowest BCUT2D eigenvalue weighted by Crippen LogP contribution is -1.89. The fraction of sp³-hybridized carbons (Fsp3) is 0. The molecule has 0 N–H and O–H groups in total. The van der Waals surface area contributed by atoms with Crippen LogP contribution >= 0.6 is 11.3 Å². The van der Waals surface area contributed by atoms with E-state index in [4.69, 9.17) is 0 Å². The summed E-state index contributed by atoms with van der Waals surface area (Å²) in [6.07, 6.45) is 0. The van der Waals surface area contributed by atoms with Crippen LogP contribution in [0.2, 0.25) is 0 Å². The van der Waals surface area contributed by atoms with Gasteiger partial charge in [0, 0.05) is 20.2 Å². The fourth-order valence-electron chi connectivity index (χ4n) is 8.44. The second kappa shape index (κ2) is 11.1. The SMILES string of the molecule is c1cc(-c2ccc(-c3ccc4c(c3)sc3ccccc34)cc2)cc(-c2ccc3c4ccccc4c4c5ccccc5c5ccccc5c4c3c2)c1. The lowest BCUT2D eigenvalue weighted by molar-refractivity contribution is 1.59. The zero-order valence-corrected chi connectivity index (χ0v) is 28.5. The van der Waals surface area contributed by atoms with Crippen molar-refractivity contribution in [2.45, 2.75) is 0 Å². The standard InChI is InChI=1S/C50H30S/c1-4-16-43-37(12-1)38-13-2-6-18-45(38)50-46-29-35(24-26-40(46)39-14-3-5-17-44(39)49(43)50)34-11-9-10-33(28-34)31-20-22-32(23-21-31)36-25-27-42-41-15-7-8-19-47(41)51-48(42)30-36/h1-30H. The normalized spacial score (nSPS) is 11.9. The molecule has 1 heteroatoms. The molecule has 0 radical (unpaired) electrons. The molecule has 0 unspecified atom stereocenters. The van der Waals surface area contributed by atoms with Crippen LogP contribution in [0.25, 0.3) is 107 Å². The maximum absolute atomic E-state index is 2.43. The second-order valence-electron chi connectivity index (χ2n) is 13.6. The van der Waals surface area contributed by atoms with Crippen LogP contribution in [0.4, 0.5) is 0 Å². The summed E-state index contributed by atoms with van der Waals surface area (Å²) < 4.78 is 2.68. The molecule has 236 valence electrons. The second-order valence-corrected chi connectivity index (χ2v) is 14.7. The van der Waals surface area contributed by atoms with Crippen LogP contribution < -0.4 is 0 Å². The maximum Gasteiger partial charge on any atom is 0.0361 e. The average Bonchev–Trinajstić information content (AvgIpc) is 3.58. The molecule has 0 bridgehead atoms. The summed E-state index contributed by atoms with van der Waals surface area (Å²) >= 11 is 1.87. The van der Waals surface area contributed by atoms with Crippen molar-refractivity contribution < 1.29 is 0 Å². The van der Waals surface area contributed by atoms with Gasteiger partial charge >= 0.3 is 0 Å². The van der Waals surface area contributed by atoms with Crippen molar-refractivity contribution in [3.8, 4) is 33.4 Å². The molecule has 0 saturated carbocycles. The van der Waals surface area contributed by atoms with Gasteiger partial charge in [-0.2, -0.15) is 0 Å². The Kier molecular flexibility index (Phi) is 6.22. The van der Waals surface area contributed by atoms with Crippen LogP contribution in [0.1, 0.15) is 0 Å². The molecule has 0 aliphatic rings. The van der Waals surface area contributed by atoms with Gasteiger partial charge in [-0.05, 0) is 112 Å². The van der Waals surface area contributed by atoms with Crippen LogP contribution in [0.3, 0.4) is 0 Å². The summed E-state index contributed by atoms with van der Waals surface area (Å²) in [5.74, 6) is 0. The first-order valence-corrected chi connectivity index (χ1v) is 18.4. The molecule has 0 aliphatic heterocycles. The van der Waals surface area contributed by atoms with Crippen molar-refractivity contribution in [2.75, 3.05) is 0 Å². The predicted molar refractivity (Wildman–Crippen MR) is 223 cm³/mol. The predicted octanol–water partition coefficient (Wildman–Crippen LogP) is 14.8. The zero-order chi connectivity index (χ0) is 33.5. The van der Waals surface area contributed by atoms with Gasteiger partial charge in [0.15, 0.2) is 0 Å². The minimum Gasteiger partial charge on any atom is -0.135 e. The first-order chi connectivity index (χ1) is 25.3. The van der Waals surface area contributed by atoms with E-state index in [1.54, 1.807) is 0 Å². The van der Waals surface area contributed by atoms with Crippen molar-refractivity contribution in [2.24, 2.45) is 0 Å². The third-order valence-corrected chi connectivity index (χ3v) is 12.0. The van der Waals surface area contributed by atoms with Crippen LogP contribution in [0.15, 0.2) is 182 Å². The molecule has 11 aromatic rings. The molecule has 0 spiro atoms. The molecular weight excluding hydrogens is 633 g/mol. The number of rotatable bonds is 3. The summed E-state index contributed by atoms with van der Waals surface area (Å²) in [6, 6.07) is 67.5. The Morgan fingerprint density at radius 3 is 1.22 bits per heavy atom. The molecule has 0 nitrogen and oxygen atoms in total. The zero-order valence-electron chi connectivity index (χ0n) is 27.7. The fourth-order valence-corrected chi connectivity index (χ4v) is 9.59. The Morgan fingerprint density at radius 2 is 0.608 bits per heavy atom. The van der Waals surface area contributed by atoms with Gasteiger partial charge in [0.05, 0.1) is 0 Å². The van der Waals surface area contributed by atoms with E-state index in [1.807, 2.05) is 11.3 Å². The summed E-state index contributed by atoms with van der Waals surface area (Å²) in [5.41, 5.74) is 7.39. The Bertz CT molecular complexity index is 3160. The van der Waals surface area contributed by atoms with Crippen LogP contribution in [-0.2, 0) is 0 Å². The van der Waals surface area contributed by atoms with E-state index < -0.39 is 0 Å². The van der Waals surface area contributed by atoms with Gasteiger partial charge in [0.1, 0.15) is 0 Å². The molecule has 51 heavy (non-hydrogen) atoms. The highest BCUT2D eigenvalue weighted by atomic mass is 32.1. The summed E-state index contributed by atoms with van der Waals surface area (Å²) in [4.78, 5) is 0. The Morgan fingerprint density at radius 1 is 0.216 bits per heavy atom. The molecule has 1 aromatic heterocycles. The molecule has 0 amide bonds. The third kappa shape index (κ3) is 4.39. The lowest BCUT2D eigenvalue weighted by atomic mass is 9.86. The third-order valence-electron chi connectivity index (χ3n) is 10.8. The summed E-state index contributed by atoms with van der Waals surface area (Å²) in [6.45, 7) is 0. The molecule has 0 aliphatic carbocycles. The minimum atomic E-state index is 1.22.